The van der Waals surface area contributed by atoms with Crippen LogP contribution in [-0.4, -0.2) is 4.98 Å². The molecule has 0 saturated carbocycles. The van der Waals surface area contributed by atoms with Crippen molar-refractivity contribution < 1.29 is 9.13 Å². The molecule has 2 aromatic carbocycles. The van der Waals surface area contributed by atoms with Gasteiger partial charge in [0.2, 0.25) is 5.88 Å². The van der Waals surface area contributed by atoms with Crippen LogP contribution in [0.3, 0.4) is 0 Å². The second-order valence-electron chi connectivity index (χ2n) is 4.46. The van der Waals surface area contributed by atoms with Gasteiger partial charge in [0, 0.05) is 17.0 Å². The molecule has 0 fully saturated rings. The number of halogens is 3. The average molecular weight is 322 g/mol. The molecule has 3 aromatic rings. The molecule has 0 aliphatic heterocycles. The van der Waals surface area contributed by atoms with E-state index in [2.05, 4.69) is 4.98 Å². The highest BCUT2D eigenvalue weighted by Gasteiger charge is 2.10. The largest absolute Gasteiger partial charge is 0.439 e. The topological polar surface area (TPSA) is 22.1 Å². The number of hydrogen-bond donors (Lipinski definition) is 0. The standard InChI is InChI=1S/C16H10Cl2FNO/c17-9-11-7-10-3-1-2-4-15(10)20-16(11)21-12-5-6-13(18)14(19)8-12/h1-8H,9H2. The van der Waals surface area contributed by atoms with Gasteiger partial charge in [0.15, 0.2) is 0 Å². The third-order valence-electron chi connectivity index (χ3n) is 3.01. The average Bonchev–Trinajstić information content (AvgIpc) is 2.50. The normalized spacial score (nSPS) is 10.8. The number of nitrogens with zero attached hydrogens (tertiary/aromatic N) is 1. The van der Waals surface area contributed by atoms with Crippen LogP contribution in [0, 0.1) is 5.82 Å². The summed E-state index contributed by atoms with van der Waals surface area (Å²) in [5.74, 6) is 0.405. The summed E-state index contributed by atoms with van der Waals surface area (Å²) in [5.41, 5.74) is 1.53. The maximum atomic E-state index is 13.5. The molecule has 0 aliphatic carbocycles. The molecule has 0 saturated heterocycles. The van der Waals surface area contributed by atoms with Gasteiger partial charge in [-0.15, -0.1) is 11.6 Å². The number of aromatic nitrogens is 1. The lowest BCUT2D eigenvalue weighted by molar-refractivity contribution is 0.456. The summed E-state index contributed by atoms with van der Waals surface area (Å²) < 4.78 is 19.1. The first-order chi connectivity index (χ1) is 10.2. The first kappa shape index (κ1) is 14.1. The molecule has 21 heavy (non-hydrogen) atoms. The zero-order chi connectivity index (χ0) is 14.8. The van der Waals surface area contributed by atoms with E-state index in [1.807, 2.05) is 30.3 Å². The predicted molar refractivity (Wildman–Crippen MR) is 82.8 cm³/mol. The van der Waals surface area contributed by atoms with Gasteiger partial charge in [-0.2, -0.15) is 0 Å². The highest BCUT2D eigenvalue weighted by molar-refractivity contribution is 6.30. The Bertz CT molecular complexity index is 807. The summed E-state index contributed by atoms with van der Waals surface area (Å²) in [7, 11) is 0. The minimum Gasteiger partial charge on any atom is -0.439 e. The molecule has 0 amide bonds. The Morgan fingerprint density at radius 2 is 1.90 bits per heavy atom. The fourth-order valence-electron chi connectivity index (χ4n) is 1.98. The predicted octanol–water partition coefficient (Wildman–Crippen LogP) is 5.56. The number of rotatable bonds is 3. The van der Waals surface area contributed by atoms with Crippen LogP contribution in [-0.2, 0) is 5.88 Å². The Balaban J connectivity index is 2.04. The van der Waals surface area contributed by atoms with Crippen molar-refractivity contribution in [3.8, 4) is 11.6 Å². The van der Waals surface area contributed by atoms with E-state index in [0.717, 1.165) is 16.5 Å². The van der Waals surface area contributed by atoms with Crippen molar-refractivity contribution in [2.75, 3.05) is 0 Å². The summed E-state index contributed by atoms with van der Waals surface area (Å²) in [4.78, 5) is 4.43. The molecule has 0 atom stereocenters. The van der Waals surface area contributed by atoms with E-state index in [4.69, 9.17) is 27.9 Å². The molecule has 2 nitrogen and oxygen atoms in total. The SMILES string of the molecule is Fc1cc(Oc2nc3ccccc3cc2CCl)ccc1Cl. The van der Waals surface area contributed by atoms with Gasteiger partial charge in [-0.05, 0) is 24.3 Å². The minimum atomic E-state index is -0.539. The Kier molecular flexibility index (Phi) is 3.95. The monoisotopic (exact) mass is 321 g/mol. The van der Waals surface area contributed by atoms with Crippen molar-refractivity contribution in [2.24, 2.45) is 0 Å². The molecule has 0 N–H and O–H groups in total. The summed E-state index contributed by atoms with van der Waals surface area (Å²) in [6.07, 6.45) is 0. The fraction of sp³-hybridized carbons (Fsp3) is 0.0625. The molecule has 3 rings (SSSR count). The number of ether oxygens (including phenoxy) is 1. The number of alkyl halides is 1. The van der Waals surface area contributed by atoms with E-state index < -0.39 is 5.82 Å². The van der Waals surface area contributed by atoms with Gasteiger partial charge in [0.25, 0.3) is 0 Å². The Labute approximate surface area is 131 Å². The lowest BCUT2D eigenvalue weighted by Crippen LogP contribution is -1.95. The van der Waals surface area contributed by atoms with Gasteiger partial charge < -0.3 is 4.74 Å². The van der Waals surface area contributed by atoms with Gasteiger partial charge >= 0.3 is 0 Å². The van der Waals surface area contributed by atoms with Crippen LogP contribution in [0.5, 0.6) is 11.6 Å². The number of pyridine rings is 1. The quantitative estimate of drug-likeness (QED) is 0.589. The lowest BCUT2D eigenvalue weighted by Gasteiger charge is -2.10. The third-order valence-corrected chi connectivity index (χ3v) is 3.61. The van der Waals surface area contributed by atoms with Crippen molar-refractivity contribution in [2.45, 2.75) is 5.88 Å². The number of fused-ring (bicyclic) bond motifs is 1. The third kappa shape index (κ3) is 2.94. The van der Waals surface area contributed by atoms with Crippen LogP contribution >= 0.6 is 23.2 Å². The van der Waals surface area contributed by atoms with Crippen LogP contribution in [0.15, 0.2) is 48.5 Å². The van der Waals surface area contributed by atoms with Crippen molar-refractivity contribution in [1.29, 1.82) is 0 Å². The van der Waals surface area contributed by atoms with E-state index in [9.17, 15) is 4.39 Å². The second kappa shape index (κ2) is 5.88. The molecule has 5 heteroatoms. The molecule has 0 radical (unpaired) electrons. The van der Waals surface area contributed by atoms with Crippen molar-refractivity contribution in [3.63, 3.8) is 0 Å². The molecule has 0 bridgehead atoms. The maximum Gasteiger partial charge on any atom is 0.224 e. The van der Waals surface area contributed by atoms with Gasteiger partial charge in [0.1, 0.15) is 11.6 Å². The van der Waals surface area contributed by atoms with E-state index in [1.165, 1.54) is 12.1 Å². The molecular weight excluding hydrogens is 312 g/mol. The van der Waals surface area contributed by atoms with Crippen molar-refractivity contribution in [1.82, 2.24) is 4.98 Å². The first-order valence-electron chi connectivity index (χ1n) is 6.25. The van der Waals surface area contributed by atoms with Gasteiger partial charge in [0.05, 0.1) is 16.4 Å². The molecule has 0 spiro atoms. The molecule has 0 aliphatic rings. The smallest absolute Gasteiger partial charge is 0.224 e. The van der Waals surface area contributed by atoms with E-state index in [1.54, 1.807) is 6.07 Å². The second-order valence-corrected chi connectivity index (χ2v) is 5.13. The number of benzene rings is 2. The zero-order valence-corrected chi connectivity index (χ0v) is 12.3. The molecular formula is C16H10Cl2FNO. The highest BCUT2D eigenvalue weighted by Crippen LogP contribution is 2.29. The van der Waals surface area contributed by atoms with E-state index in [0.29, 0.717) is 11.6 Å². The Hall–Kier alpha value is -1.84. The summed E-state index contributed by atoms with van der Waals surface area (Å²) in [5, 5.41) is 1.02. The number of para-hydroxylation sites is 1. The van der Waals surface area contributed by atoms with Crippen LogP contribution in [0.1, 0.15) is 5.56 Å². The van der Waals surface area contributed by atoms with Crippen LogP contribution in [0.4, 0.5) is 4.39 Å². The summed E-state index contributed by atoms with van der Waals surface area (Å²) >= 11 is 11.6. The fourth-order valence-corrected chi connectivity index (χ4v) is 2.29. The molecule has 1 aromatic heterocycles. The molecule has 1 heterocycles. The van der Waals surface area contributed by atoms with Crippen molar-refractivity contribution >= 4 is 34.1 Å². The van der Waals surface area contributed by atoms with Gasteiger partial charge in [-0.3, -0.25) is 0 Å². The lowest BCUT2D eigenvalue weighted by atomic mass is 10.2. The van der Waals surface area contributed by atoms with Crippen LogP contribution in [0.2, 0.25) is 5.02 Å². The zero-order valence-electron chi connectivity index (χ0n) is 10.8. The molecule has 0 unspecified atom stereocenters. The van der Waals surface area contributed by atoms with Crippen LogP contribution in [0.25, 0.3) is 10.9 Å². The van der Waals surface area contributed by atoms with E-state index in [-0.39, 0.29) is 10.9 Å². The van der Waals surface area contributed by atoms with Crippen LogP contribution < -0.4 is 4.74 Å². The number of hydrogen-bond acceptors (Lipinski definition) is 2. The summed E-state index contributed by atoms with van der Waals surface area (Å²) in [6.45, 7) is 0. The first-order valence-corrected chi connectivity index (χ1v) is 7.16. The maximum absolute atomic E-state index is 13.5. The summed E-state index contributed by atoms with van der Waals surface area (Å²) in [6, 6.07) is 13.8. The Morgan fingerprint density at radius 3 is 2.67 bits per heavy atom. The molecule has 106 valence electrons. The highest BCUT2D eigenvalue weighted by atomic mass is 35.5. The van der Waals surface area contributed by atoms with Crippen molar-refractivity contribution in [3.05, 3.63) is 64.9 Å². The van der Waals surface area contributed by atoms with Gasteiger partial charge in [-0.25, -0.2) is 9.37 Å². The van der Waals surface area contributed by atoms with E-state index >= 15 is 0 Å². The minimum absolute atomic E-state index is 0.0476. The Morgan fingerprint density at radius 1 is 1.10 bits per heavy atom. The van der Waals surface area contributed by atoms with Gasteiger partial charge in [-0.1, -0.05) is 29.8 Å².